The van der Waals surface area contributed by atoms with E-state index in [4.69, 9.17) is 0 Å². The summed E-state index contributed by atoms with van der Waals surface area (Å²) in [7, 11) is 0. The quantitative estimate of drug-likeness (QED) is 0.767. The van der Waals surface area contributed by atoms with Gasteiger partial charge in [-0.2, -0.15) is 0 Å². The van der Waals surface area contributed by atoms with Crippen molar-refractivity contribution >= 4 is 5.69 Å². The summed E-state index contributed by atoms with van der Waals surface area (Å²) in [6, 6.07) is 7.74. The molecule has 0 saturated heterocycles. The highest BCUT2D eigenvalue weighted by molar-refractivity contribution is 5.56. The van der Waals surface area contributed by atoms with E-state index in [1.165, 1.54) is 100 Å². The first-order valence-corrected chi connectivity index (χ1v) is 10.5. The second kappa shape index (κ2) is 10.1. The van der Waals surface area contributed by atoms with E-state index in [1.54, 1.807) is 0 Å². The van der Waals surface area contributed by atoms with E-state index in [9.17, 15) is 0 Å². The van der Waals surface area contributed by atoms with Crippen molar-refractivity contribution in [2.24, 2.45) is 0 Å². The molecular weight excluding hydrogens is 292 g/mol. The minimum absolute atomic E-state index is 0.750. The number of nitrogens with one attached hydrogen (secondary N) is 2. The predicted molar refractivity (Wildman–Crippen MR) is 105 cm³/mol. The van der Waals surface area contributed by atoms with Gasteiger partial charge in [0.15, 0.2) is 0 Å². The Bertz CT molecular complexity index is 471. The van der Waals surface area contributed by atoms with Crippen LogP contribution in [0.5, 0.6) is 0 Å². The van der Waals surface area contributed by atoms with Crippen LogP contribution >= 0.6 is 0 Å². The molecule has 1 heterocycles. The Morgan fingerprint density at radius 2 is 1.54 bits per heavy atom. The summed E-state index contributed by atoms with van der Waals surface area (Å²) in [4.78, 5) is 0. The molecule has 2 nitrogen and oxygen atoms in total. The lowest BCUT2D eigenvalue weighted by Gasteiger charge is -2.19. The topological polar surface area (TPSA) is 24.1 Å². The summed E-state index contributed by atoms with van der Waals surface area (Å²) < 4.78 is 0. The van der Waals surface area contributed by atoms with E-state index in [0.29, 0.717) is 0 Å². The SMILES string of the molecule is c1cc2c(cc1CCNC1CCCCCCCCCCC1)CCN2. The molecule has 0 spiro atoms. The van der Waals surface area contributed by atoms with Crippen molar-refractivity contribution in [3.05, 3.63) is 29.3 Å². The normalized spacial score (nSPS) is 20.7. The Kier molecular flexibility index (Phi) is 7.47. The van der Waals surface area contributed by atoms with Crippen LogP contribution in [-0.4, -0.2) is 19.1 Å². The number of hydrogen-bond acceptors (Lipinski definition) is 2. The van der Waals surface area contributed by atoms with Crippen molar-refractivity contribution in [1.29, 1.82) is 0 Å². The van der Waals surface area contributed by atoms with Crippen LogP contribution in [0.1, 0.15) is 81.8 Å². The minimum atomic E-state index is 0.750. The molecule has 134 valence electrons. The largest absolute Gasteiger partial charge is 0.384 e. The molecule has 0 amide bonds. The van der Waals surface area contributed by atoms with Crippen molar-refractivity contribution in [2.45, 2.75) is 89.5 Å². The lowest BCUT2D eigenvalue weighted by atomic mass is 9.97. The zero-order valence-corrected chi connectivity index (χ0v) is 15.4. The van der Waals surface area contributed by atoms with Gasteiger partial charge in [0.2, 0.25) is 0 Å². The van der Waals surface area contributed by atoms with E-state index >= 15 is 0 Å². The molecule has 24 heavy (non-hydrogen) atoms. The van der Waals surface area contributed by atoms with Crippen LogP contribution < -0.4 is 10.6 Å². The number of benzene rings is 1. The van der Waals surface area contributed by atoms with Gasteiger partial charge in [-0.25, -0.2) is 0 Å². The molecule has 0 unspecified atom stereocenters. The summed E-state index contributed by atoms with van der Waals surface area (Å²) in [6.07, 6.45) is 18.2. The predicted octanol–water partition coefficient (Wildman–Crippen LogP) is 5.46. The highest BCUT2D eigenvalue weighted by Gasteiger charge is 2.11. The van der Waals surface area contributed by atoms with Crippen LogP contribution in [0, 0.1) is 0 Å². The van der Waals surface area contributed by atoms with Gasteiger partial charge in [0.05, 0.1) is 0 Å². The van der Waals surface area contributed by atoms with Crippen LogP contribution in [0.25, 0.3) is 0 Å². The molecule has 1 aromatic rings. The first-order valence-electron chi connectivity index (χ1n) is 10.5. The molecule has 2 heteroatoms. The molecular formula is C22H36N2. The molecule has 0 bridgehead atoms. The smallest absolute Gasteiger partial charge is 0.0373 e. The minimum Gasteiger partial charge on any atom is -0.384 e. The van der Waals surface area contributed by atoms with Crippen LogP contribution in [0.4, 0.5) is 5.69 Å². The van der Waals surface area contributed by atoms with Crippen LogP contribution in [0.2, 0.25) is 0 Å². The Morgan fingerprint density at radius 1 is 0.875 bits per heavy atom. The fourth-order valence-corrected chi connectivity index (χ4v) is 4.30. The van der Waals surface area contributed by atoms with Gasteiger partial charge in [-0.1, -0.05) is 69.9 Å². The fraction of sp³-hybridized carbons (Fsp3) is 0.727. The second-order valence-electron chi connectivity index (χ2n) is 7.83. The molecule has 1 aliphatic heterocycles. The maximum absolute atomic E-state index is 3.87. The molecule has 0 atom stereocenters. The lowest BCUT2D eigenvalue weighted by Crippen LogP contribution is -2.31. The van der Waals surface area contributed by atoms with Crippen molar-refractivity contribution in [1.82, 2.24) is 5.32 Å². The summed E-state index contributed by atoms with van der Waals surface area (Å²) in [5, 5.41) is 7.33. The number of rotatable bonds is 4. The maximum atomic E-state index is 3.87. The van der Waals surface area contributed by atoms with Gasteiger partial charge in [-0.05, 0) is 49.4 Å². The molecule has 0 radical (unpaired) electrons. The molecule has 1 aromatic carbocycles. The van der Waals surface area contributed by atoms with Gasteiger partial charge < -0.3 is 10.6 Å². The second-order valence-corrected chi connectivity index (χ2v) is 7.83. The summed E-state index contributed by atoms with van der Waals surface area (Å²) in [5.41, 5.74) is 4.36. The van der Waals surface area contributed by atoms with E-state index in [-0.39, 0.29) is 0 Å². The third-order valence-electron chi connectivity index (χ3n) is 5.83. The van der Waals surface area contributed by atoms with Crippen molar-refractivity contribution < 1.29 is 0 Å². The lowest BCUT2D eigenvalue weighted by molar-refractivity contribution is 0.406. The van der Waals surface area contributed by atoms with Crippen LogP contribution in [0.15, 0.2) is 18.2 Å². The van der Waals surface area contributed by atoms with E-state index in [1.807, 2.05) is 0 Å². The fourth-order valence-electron chi connectivity index (χ4n) is 4.30. The third-order valence-corrected chi connectivity index (χ3v) is 5.83. The highest BCUT2D eigenvalue weighted by atomic mass is 14.9. The van der Waals surface area contributed by atoms with Crippen molar-refractivity contribution in [3.8, 4) is 0 Å². The van der Waals surface area contributed by atoms with E-state index in [0.717, 1.165) is 19.1 Å². The van der Waals surface area contributed by atoms with E-state index in [2.05, 4.69) is 28.8 Å². The van der Waals surface area contributed by atoms with Gasteiger partial charge in [0.1, 0.15) is 0 Å². The monoisotopic (exact) mass is 328 g/mol. The Labute approximate surface area is 148 Å². The molecule has 1 saturated carbocycles. The standard InChI is InChI=1S/C22H36N2/c1-2-4-6-8-10-21(11-9-7-5-3-1)23-16-14-19-12-13-22-20(18-19)15-17-24-22/h12-13,18,21,23-24H,1-11,14-17H2. The molecule has 0 aromatic heterocycles. The van der Waals surface area contributed by atoms with Crippen LogP contribution in [-0.2, 0) is 12.8 Å². The molecule has 1 fully saturated rings. The van der Waals surface area contributed by atoms with Crippen LogP contribution in [0.3, 0.4) is 0 Å². The third kappa shape index (κ3) is 5.81. The van der Waals surface area contributed by atoms with Gasteiger partial charge >= 0.3 is 0 Å². The maximum Gasteiger partial charge on any atom is 0.0373 e. The zero-order chi connectivity index (χ0) is 16.5. The molecule has 2 N–H and O–H groups in total. The van der Waals surface area contributed by atoms with Crippen molar-refractivity contribution in [3.63, 3.8) is 0 Å². The average molecular weight is 329 g/mol. The van der Waals surface area contributed by atoms with Gasteiger partial charge in [0.25, 0.3) is 0 Å². The molecule has 3 rings (SSSR count). The first-order chi connectivity index (χ1) is 11.9. The van der Waals surface area contributed by atoms with E-state index < -0.39 is 0 Å². The average Bonchev–Trinajstić information content (AvgIpc) is 3.04. The summed E-state index contributed by atoms with van der Waals surface area (Å²) >= 11 is 0. The molecule has 1 aliphatic carbocycles. The number of fused-ring (bicyclic) bond motifs is 1. The Balaban J connectivity index is 1.41. The van der Waals surface area contributed by atoms with Gasteiger partial charge in [-0.15, -0.1) is 0 Å². The molecule has 2 aliphatic rings. The number of hydrogen-bond donors (Lipinski definition) is 2. The number of anilines is 1. The first kappa shape index (κ1) is 17.8. The highest BCUT2D eigenvalue weighted by Crippen LogP contribution is 2.23. The Morgan fingerprint density at radius 3 is 2.25 bits per heavy atom. The van der Waals surface area contributed by atoms with Gasteiger partial charge in [-0.3, -0.25) is 0 Å². The summed E-state index contributed by atoms with van der Waals surface area (Å²) in [5.74, 6) is 0. The zero-order valence-electron chi connectivity index (χ0n) is 15.4. The Hall–Kier alpha value is -1.02. The summed E-state index contributed by atoms with van der Waals surface area (Å²) in [6.45, 7) is 2.25. The van der Waals surface area contributed by atoms with Crippen molar-refractivity contribution in [2.75, 3.05) is 18.4 Å². The van der Waals surface area contributed by atoms with Gasteiger partial charge in [0, 0.05) is 18.3 Å².